The maximum absolute atomic E-state index is 8.94. The summed E-state index contributed by atoms with van der Waals surface area (Å²) in [4.78, 5) is 8.43. The highest BCUT2D eigenvalue weighted by Crippen LogP contribution is 2.09. The van der Waals surface area contributed by atoms with E-state index in [-0.39, 0.29) is 12.6 Å². The largest absolute Gasteiger partial charge is 0.396 e. The molecular formula is C11H20N4O2. The number of nitrogens with one attached hydrogen (secondary N) is 2. The number of aliphatic hydroxyl groups excluding tert-OH is 1. The quantitative estimate of drug-likeness (QED) is 0.621. The summed E-state index contributed by atoms with van der Waals surface area (Å²) in [7, 11) is 1.63. The van der Waals surface area contributed by atoms with Crippen molar-refractivity contribution in [2.75, 3.05) is 37.5 Å². The summed E-state index contributed by atoms with van der Waals surface area (Å²) in [6, 6.07) is 0.0381. The third kappa shape index (κ3) is 4.97. The van der Waals surface area contributed by atoms with E-state index in [0.29, 0.717) is 18.8 Å². The molecule has 0 fully saturated rings. The molecule has 17 heavy (non-hydrogen) atoms. The number of nitrogens with zero attached hydrogens (tertiary/aromatic N) is 2. The molecule has 0 amide bonds. The Morgan fingerprint density at radius 3 is 2.82 bits per heavy atom. The number of anilines is 2. The van der Waals surface area contributed by atoms with Crippen LogP contribution in [-0.4, -0.2) is 48.0 Å². The molecule has 0 saturated heterocycles. The normalized spacial score (nSPS) is 12.2. The molecule has 0 aliphatic rings. The molecule has 1 aromatic heterocycles. The third-order valence-corrected chi connectivity index (χ3v) is 2.19. The van der Waals surface area contributed by atoms with Gasteiger partial charge in [0, 0.05) is 20.3 Å². The Bertz CT molecular complexity index is 316. The molecule has 0 aromatic carbocycles. The fourth-order valence-electron chi connectivity index (χ4n) is 1.47. The summed E-state index contributed by atoms with van der Waals surface area (Å²) in [5.41, 5.74) is 0. The van der Waals surface area contributed by atoms with E-state index >= 15 is 0 Å². The highest BCUT2D eigenvalue weighted by molar-refractivity contribution is 5.42. The molecule has 1 atom stereocenters. The minimum Gasteiger partial charge on any atom is -0.396 e. The molecular weight excluding hydrogens is 220 g/mol. The van der Waals surface area contributed by atoms with Crippen LogP contribution in [0.4, 0.5) is 11.6 Å². The minimum atomic E-state index is 0.0381. The van der Waals surface area contributed by atoms with Crippen LogP contribution in [-0.2, 0) is 4.74 Å². The summed E-state index contributed by atoms with van der Waals surface area (Å²) in [6.07, 6.45) is 3.94. The first kappa shape index (κ1) is 13.7. The summed E-state index contributed by atoms with van der Waals surface area (Å²) in [5.74, 6) is 1.41. The van der Waals surface area contributed by atoms with Crippen LogP contribution < -0.4 is 10.6 Å². The average Bonchev–Trinajstić information content (AvgIpc) is 2.30. The van der Waals surface area contributed by atoms with E-state index in [1.807, 2.05) is 6.92 Å². The summed E-state index contributed by atoms with van der Waals surface area (Å²) in [6.45, 7) is 3.44. The van der Waals surface area contributed by atoms with Crippen LogP contribution in [0.15, 0.2) is 12.4 Å². The van der Waals surface area contributed by atoms with Crippen LogP contribution in [0, 0.1) is 0 Å². The summed E-state index contributed by atoms with van der Waals surface area (Å²) < 4.78 is 5.07. The van der Waals surface area contributed by atoms with E-state index in [1.54, 1.807) is 19.5 Å². The fraction of sp³-hybridized carbons (Fsp3) is 0.636. The Morgan fingerprint density at radius 1 is 1.41 bits per heavy atom. The van der Waals surface area contributed by atoms with Gasteiger partial charge in [-0.3, -0.25) is 4.98 Å². The monoisotopic (exact) mass is 240 g/mol. The van der Waals surface area contributed by atoms with Crippen molar-refractivity contribution in [1.29, 1.82) is 0 Å². The minimum absolute atomic E-state index is 0.0381. The van der Waals surface area contributed by atoms with E-state index in [4.69, 9.17) is 9.84 Å². The van der Waals surface area contributed by atoms with Crippen molar-refractivity contribution in [3.63, 3.8) is 0 Å². The number of ether oxygens (including phenoxy) is 1. The molecule has 1 rings (SSSR count). The lowest BCUT2D eigenvalue weighted by Gasteiger charge is -2.17. The number of hydrogen-bond donors (Lipinski definition) is 3. The zero-order valence-electron chi connectivity index (χ0n) is 10.3. The predicted octanol–water partition coefficient (Wildman–Crippen LogP) is 0.718. The van der Waals surface area contributed by atoms with Crippen LogP contribution in [0.5, 0.6) is 0 Å². The molecule has 0 aliphatic carbocycles. The number of rotatable bonds is 8. The molecule has 0 aliphatic heterocycles. The Morgan fingerprint density at radius 2 is 2.18 bits per heavy atom. The van der Waals surface area contributed by atoms with Gasteiger partial charge in [-0.15, -0.1) is 0 Å². The van der Waals surface area contributed by atoms with Gasteiger partial charge in [0.1, 0.15) is 11.6 Å². The van der Waals surface area contributed by atoms with Crippen molar-refractivity contribution in [3.8, 4) is 0 Å². The molecule has 1 heterocycles. The maximum Gasteiger partial charge on any atom is 0.147 e. The third-order valence-electron chi connectivity index (χ3n) is 2.19. The first-order valence-electron chi connectivity index (χ1n) is 5.72. The van der Waals surface area contributed by atoms with Gasteiger partial charge in [0.05, 0.1) is 25.0 Å². The second kappa shape index (κ2) is 7.81. The molecule has 0 saturated carbocycles. The number of hydrogen-bond acceptors (Lipinski definition) is 6. The van der Waals surface area contributed by atoms with Gasteiger partial charge in [-0.25, -0.2) is 4.98 Å². The highest BCUT2D eigenvalue weighted by Gasteiger charge is 2.08. The van der Waals surface area contributed by atoms with Gasteiger partial charge < -0.3 is 20.5 Å². The molecule has 0 spiro atoms. The fourth-order valence-corrected chi connectivity index (χ4v) is 1.47. The van der Waals surface area contributed by atoms with Gasteiger partial charge in [-0.05, 0) is 13.3 Å². The van der Waals surface area contributed by atoms with Gasteiger partial charge in [0.15, 0.2) is 0 Å². The molecule has 96 valence electrons. The molecule has 6 nitrogen and oxygen atoms in total. The lowest BCUT2D eigenvalue weighted by Crippen LogP contribution is -2.26. The first-order valence-corrected chi connectivity index (χ1v) is 5.72. The molecule has 0 bridgehead atoms. The van der Waals surface area contributed by atoms with Crippen molar-refractivity contribution in [3.05, 3.63) is 12.4 Å². The van der Waals surface area contributed by atoms with Crippen molar-refractivity contribution in [1.82, 2.24) is 9.97 Å². The van der Waals surface area contributed by atoms with Gasteiger partial charge in [-0.2, -0.15) is 0 Å². The zero-order valence-corrected chi connectivity index (χ0v) is 10.3. The van der Waals surface area contributed by atoms with Crippen LogP contribution in [0.2, 0.25) is 0 Å². The number of aromatic nitrogens is 2. The topological polar surface area (TPSA) is 79.3 Å². The number of aliphatic hydroxyl groups is 1. The van der Waals surface area contributed by atoms with Crippen LogP contribution in [0.25, 0.3) is 0 Å². The Labute approximate surface area is 101 Å². The van der Waals surface area contributed by atoms with Crippen LogP contribution in [0.1, 0.15) is 13.3 Å². The predicted molar refractivity (Wildman–Crippen MR) is 67.2 cm³/mol. The smallest absolute Gasteiger partial charge is 0.147 e. The average molecular weight is 240 g/mol. The summed E-state index contributed by atoms with van der Waals surface area (Å²) >= 11 is 0. The van der Waals surface area contributed by atoms with Gasteiger partial charge in [0.2, 0.25) is 0 Å². The van der Waals surface area contributed by atoms with E-state index in [0.717, 1.165) is 12.4 Å². The maximum atomic E-state index is 8.94. The highest BCUT2D eigenvalue weighted by atomic mass is 16.5. The Hall–Kier alpha value is -1.40. The molecule has 1 aromatic rings. The zero-order chi connectivity index (χ0) is 12.5. The Kier molecular flexibility index (Phi) is 6.27. The van der Waals surface area contributed by atoms with Crippen LogP contribution in [0.3, 0.4) is 0 Å². The lowest BCUT2D eigenvalue weighted by atomic mass is 10.2. The number of methoxy groups -OCH3 is 1. The Balaban J connectivity index is 2.60. The van der Waals surface area contributed by atoms with Crippen LogP contribution >= 0.6 is 0 Å². The summed E-state index contributed by atoms with van der Waals surface area (Å²) in [5, 5.41) is 15.2. The van der Waals surface area contributed by atoms with E-state index in [2.05, 4.69) is 20.6 Å². The van der Waals surface area contributed by atoms with E-state index < -0.39 is 0 Å². The standard InChI is InChI=1S/C11H20N4O2/c1-3-13-10-6-12-7-11(15-10)14-9(4-5-16)8-17-2/h6-7,9,16H,3-5,8H2,1-2H3,(H2,13,14,15). The van der Waals surface area contributed by atoms with Crippen molar-refractivity contribution < 1.29 is 9.84 Å². The van der Waals surface area contributed by atoms with Crippen molar-refractivity contribution in [2.45, 2.75) is 19.4 Å². The lowest BCUT2D eigenvalue weighted by molar-refractivity contribution is 0.170. The SMILES string of the molecule is CCNc1cncc(NC(CCO)COC)n1. The molecule has 3 N–H and O–H groups in total. The van der Waals surface area contributed by atoms with Gasteiger partial charge in [-0.1, -0.05) is 0 Å². The second-order valence-electron chi connectivity index (χ2n) is 3.63. The second-order valence-corrected chi connectivity index (χ2v) is 3.63. The van der Waals surface area contributed by atoms with Gasteiger partial charge in [0.25, 0.3) is 0 Å². The van der Waals surface area contributed by atoms with E-state index in [1.165, 1.54) is 0 Å². The first-order chi connectivity index (χ1) is 8.30. The van der Waals surface area contributed by atoms with Crippen molar-refractivity contribution >= 4 is 11.6 Å². The van der Waals surface area contributed by atoms with Gasteiger partial charge >= 0.3 is 0 Å². The molecule has 1 unspecified atom stereocenters. The van der Waals surface area contributed by atoms with Crippen molar-refractivity contribution in [2.24, 2.45) is 0 Å². The van der Waals surface area contributed by atoms with E-state index in [9.17, 15) is 0 Å². The molecule has 0 radical (unpaired) electrons. The molecule has 6 heteroatoms.